The Morgan fingerprint density at radius 3 is 1.00 bits per heavy atom. The van der Waals surface area contributed by atoms with Crippen molar-refractivity contribution in [2.75, 3.05) is 0 Å². The van der Waals surface area contributed by atoms with E-state index in [1.54, 1.807) is 0 Å². The van der Waals surface area contributed by atoms with Crippen molar-refractivity contribution in [2.24, 2.45) is 0 Å². The number of rotatable bonds is 0. The van der Waals surface area contributed by atoms with Crippen LogP contribution >= 0.6 is 9.90 Å². The molecule has 0 saturated heterocycles. The van der Waals surface area contributed by atoms with Crippen LogP contribution in [0.25, 0.3) is 0 Å². The van der Waals surface area contributed by atoms with Gasteiger partial charge >= 0.3 is 0 Å². The minimum atomic E-state index is 0. The molecular weight excluding hydrogens is 346 g/mol. The Labute approximate surface area is 71.6 Å². The maximum Gasteiger partial charge on any atom is 0 e. The first-order valence-electron chi connectivity index (χ1n) is 0. The van der Waals surface area contributed by atoms with E-state index in [4.69, 9.17) is 0 Å². The fourth-order valence-electron chi connectivity index (χ4n) is 0. The minimum absolute atomic E-state index is 0. The fraction of sp³-hybridized carbons (Fsp3) is 0. The number of hydrogen-bond donors (Lipinski definition) is 0. The molecular formula is BCoNiPRe. The Hall–Kier alpha value is 2.16. The molecule has 0 aliphatic heterocycles. The monoisotopic (exact) mass is 346 g/mol. The second-order valence-corrected chi connectivity index (χ2v) is 0. The summed E-state index contributed by atoms with van der Waals surface area (Å²) in [6.45, 7) is 0. The van der Waals surface area contributed by atoms with Gasteiger partial charge in [0, 0.05) is 72.0 Å². The van der Waals surface area contributed by atoms with Crippen LogP contribution in [-0.2, 0) is 53.7 Å². The van der Waals surface area contributed by atoms with Gasteiger partial charge in [0.2, 0.25) is 0 Å². The summed E-state index contributed by atoms with van der Waals surface area (Å²) in [6.07, 6.45) is 0. The van der Waals surface area contributed by atoms with E-state index in [9.17, 15) is 0 Å². The summed E-state index contributed by atoms with van der Waals surface area (Å²) in [5.41, 5.74) is 0. The van der Waals surface area contributed by atoms with E-state index in [0.717, 1.165) is 0 Å². The average Bonchev–Trinajstić information content (AvgIpc) is 0. The average molecular weight is 346 g/mol. The van der Waals surface area contributed by atoms with E-state index in [1.807, 2.05) is 0 Å². The van der Waals surface area contributed by atoms with Crippen LogP contribution in [0.15, 0.2) is 0 Å². The van der Waals surface area contributed by atoms with Crippen LogP contribution < -0.4 is 0 Å². The van der Waals surface area contributed by atoms with Gasteiger partial charge in [-0.05, 0) is 0 Å². The molecule has 0 nitrogen and oxygen atoms in total. The van der Waals surface area contributed by atoms with E-state index in [1.165, 1.54) is 0 Å². The predicted octanol–water partition coefficient (Wildman–Crippen LogP) is 0.473. The van der Waals surface area contributed by atoms with Gasteiger partial charge in [-0.25, -0.2) is 0 Å². The van der Waals surface area contributed by atoms with Gasteiger partial charge in [-0.15, -0.1) is 0 Å². The summed E-state index contributed by atoms with van der Waals surface area (Å²) in [6, 6.07) is 0. The number of hydrogen-bond acceptors (Lipinski definition) is 0. The Bertz CT molecular complexity index is 11.6. The summed E-state index contributed by atoms with van der Waals surface area (Å²) in [7, 11) is 0. The smallest absolute Gasteiger partial charge is 0 e. The van der Waals surface area contributed by atoms with E-state index in [2.05, 4.69) is 0 Å². The predicted molar refractivity (Wildman–Crippen MR) is 12.7 cm³/mol. The van der Waals surface area contributed by atoms with E-state index < -0.39 is 0 Å². The van der Waals surface area contributed by atoms with E-state index in [-0.39, 0.29) is 72.0 Å². The third-order valence-electron chi connectivity index (χ3n) is 0. The second-order valence-electron chi connectivity index (χ2n) is 0. The summed E-state index contributed by atoms with van der Waals surface area (Å²) in [4.78, 5) is 0. The van der Waals surface area contributed by atoms with Gasteiger partial charge in [-0.3, -0.25) is 0 Å². The SMILES string of the molecule is [B].[Co].[Ni].[P].[Re]. The van der Waals surface area contributed by atoms with Crippen LogP contribution in [0.5, 0.6) is 0 Å². The molecule has 34 valence electrons. The molecule has 0 aromatic carbocycles. The van der Waals surface area contributed by atoms with Crippen molar-refractivity contribution < 1.29 is 53.7 Å². The van der Waals surface area contributed by atoms with Gasteiger partial charge in [-0.2, -0.15) is 0 Å². The molecule has 0 aromatic rings. The molecule has 5 heavy (non-hydrogen) atoms. The third kappa shape index (κ3) is 22.9. The van der Waals surface area contributed by atoms with Crippen molar-refractivity contribution in [3.63, 3.8) is 0 Å². The minimum Gasteiger partial charge on any atom is 0 e. The molecule has 0 unspecified atom stereocenters. The molecule has 0 heterocycles. The molecule has 0 spiro atoms. The molecule has 0 rings (SSSR count). The molecule has 0 fully saturated rings. The first kappa shape index (κ1) is 58.3. The van der Waals surface area contributed by atoms with Crippen molar-refractivity contribution in [1.29, 1.82) is 0 Å². The Balaban J connectivity index is 0. The summed E-state index contributed by atoms with van der Waals surface area (Å²) < 4.78 is 0. The molecule has 8 radical (unpaired) electrons. The first-order valence-corrected chi connectivity index (χ1v) is 0. The molecule has 0 aromatic heterocycles. The third-order valence-corrected chi connectivity index (χ3v) is 0. The molecule has 0 aliphatic rings. The van der Waals surface area contributed by atoms with Gasteiger partial charge in [0.15, 0.2) is 0 Å². The van der Waals surface area contributed by atoms with Crippen LogP contribution in [0, 0.1) is 0 Å². The fourth-order valence-corrected chi connectivity index (χ4v) is 0. The topological polar surface area (TPSA) is 0 Å². The zero-order chi connectivity index (χ0) is 0. The van der Waals surface area contributed by atoms with Gasteiger partial charge in [0.1, 0.15) is 0 Å². The maximum atomic E-state index is 0. The summed E-state index contributed by atoms with van der Waals surface area (Å²) in [5.74, 6) is 0. The molecule has 0 atom stereocenters. The van der Waals surface area contributed by atoms with Crippen LogP contribution in [0.1, 0.15) is 0 Å². The summed E-state index contributed by atoms with van der Waals surface area (Å²) >= 11 is 0. The second kappa shape index (κ2) is 35.2. The molecule has 0 bridgehead atoms. The normalized spacial score (nSPS) is 0. The van der Waals surface area contributed by atoms with Crippen molar-refractivity contribution in [1.82, 2.24) is 0 Å². The van der Waals surface area contributed by atoms with Gasteiger partial charge in [0.05, 0.1) is 0 Å². The maximum absolute atomic E-state index is 0. The largest absolute Gasteiger partial charge is 0 e. The zero-order valence-electron chi connectivity index (χ0n) is 2.05. The van der Waals surface area contributed by atoms with Crippen LogP contribution in [0.2, 0.25) is 0 Å². The quantitative estimate of drug-likeness (QED) is 0.442. The van der Waals surface area contributed by atoms with Gasteiger partial charge < -0.3 is 0 Å². The van der Waals surface area contributed by atoms with Crippen LogP contribution in [0.3, 0.4) is 0 Å². The Morgan fingerprint density at radius 1 is 1.00 bits per heavy atom. The first-order chi connectivity index (χ1) is 0. The Kier molecular flexibility index (Phi) is 410. The van der Waals surface area contributed by atoms with Crippen LogP contribution in [-0.4, -0.2) is 8.41 Å². The molecule has 0 aliphatic carbocycles. The zero-order valence-corrected chi connectivity index (χ0v) is 7.69. The van der Waals surface area contributed by atoms with Crippen molar-refractivity contribution >= 4 is 18.3 Å². The molecule has 5 heteroatoms. The molecule has 0 saturated carbocycles. The van der Waals surface area contributed by atoms with Crippen molar-refractivity contribution in [3.05, 3.63) is 0 Å². The molecule has 0 N–H and O–H groups in total. The van der Waals surface area contributed by atoms with Crippen LogP contribution in [0.4, 0.5) is 0 Å². The molecule has 0 amide bonds. The van der Waals surface area contributed by atoms with Gasteiger partial charge in [0.25, 0.3) is 0 Å². The van der Waals surface area contributed by atoms with Gasteiger partial charge in [-0.1, -0.05) is 0 Å². The van der Waals surface area contributed by atoms with E-state index >= 15 is 0 Å². The van der Waals surface area contributed by atoms with Crippen molar-refractivity contribution in [3.8, 4) is 0 Å². The Morgan fingerprint density at radius 2 is 1.00 bits per heavy atom. The van der Waals surface area contributed by atoms with E-state index in [0.29, 0.717) is 0 Å². The summed E-state index contributed by atoms with van der Waals surface area (Å²) in [5, 5.41) is 0. The van der Waals surface area contributed by atoms with Crippen molar-refractivity contribution in [2.45, 2.75) is 0 Å². The standard InChI is InChI=1S/B.Co.Ni.P.Re.